The second kappa shape index (κ2) is 10.4. The first-order valence-corrected chi connectivity index (χ1v) is 12.4. The number of likely N-dealkylation sites (tertiary alicyclic amines) is 1. The molecular formula is C27H30FN3O5. The van der Waals surface area contributed by atoms with Crippen molar-refractivity contribution in [2.75, 3.05) is 32.8 Å². The Morgan fingerprint density at radius 2 is 1.72 bits per heavy atom. The lowest BCUT2D eigenvalue weighted by atomic mass is 9.96. The van der Waals surface area contributed by atoms with Crippen LogP contribution in [0.25, 0.3) is 0 Å². The Bertz CT molecular complexity index is 1110. The van der Waals surface area contributed by atoms with Gasteiger partial charge in [0.1, 0.15) is 17.6 Å². The molecule has 36 heavy (non-hydrogen) atoms. The summed E-state index contributed by atoms with van der Waals surface area (Å²) in [5.74, 6) is -1.53. The zero-order valence-electron chi connectivity index (χ0n) is 20.0. The average Bonchev–Trinajstić information content (AvgIpc) is 3.56. The Kier molecular flexibility index (Phi) is 7.02. The third-order valence-electron chi connectivity index (χ3n) is 7.27. The van der Waals surface area contributed by atoms with Crippen LogP contribution in [0, 0.1) is 5.82 Å². The number of nitrogens with zero attached hydrogens (tertiary/aromatic N) is 2. The zero-order chi connectivity index (χ0) is 25.1. The molecule has 8 nitrogen and oxygen atoms in total. The smallest absolute Gasteiger partial charge is 0.256 e. The molecule has 0 bridgehead atoms. The predicted molar refractivity (Wildman–Crippen MR) is 129 cm³/mol. The number of nitrogens with one attached hydrogen (secondary N) is 1. The molecule has 3 fully saturated rings. The molecule has 3 saturated heterocycles. The molecule has 0 unspecified atom stereocenters. The average molecular weight is 496 g/mol. The van der Waals surface area contributed by atoms with Crippen LogP contribution in [0.4, 0.5) is 4.39 Å². The van der Waals surface area contributed by atoms with Gasteiger partial charge >= 0.3 is 0 Å². The first-order valence-electron chi connectivity index (χ1n) is 12.4. The van der Waals surface area contributed by atoms with Crippen LogP contribution in [0.15, 0.2) is 54.6 Å². The van der Waals surface area contributed by atoms with E-state index in [1.165, 1.54) is 12.1 Å². The van der Waals surface area contributed by atoms with Crippen molar-refractivity contribution >= 4 is 17.7 Å². The normalized spacial score (nSPS) is 23.1. The Labute approximate surface area is 209 Å². The van der Waals surface area contributed by atoms with Crippen molar-refractivity contribution in [1.82, 2.24) is 15.1 Å². The van der Waals surface area contributed by atoms with E-state index in [1.54, 1.807) is 46.2 Å². The summed E-state index contributed by atoms with van der Waals surface area (Å²) in [5, 5.41) is 2.94. The molecule has 3 aliphatic heterocycles. The van der Waals surface area contributed by atoms with Crippen LogP contribution in [0.5, 0.6) is 0 Å². The van der Waals surface area contributed by atoms with Gasteiger partial charge in [-0.15, -0.1) is 0 Å². The van der Waals surface area contributed by atoms with Crippen LogP contribution in [-0.2, 0) is 14.3 Å². The molecule has 190 valence electrons. The van der Waals surface area contributed by atoms with E-state index in [9.17, 15) is 18.8 Å². The summed E-state index contributed by atoms with van der Waals surface area (Å²) in [4.78, 5) is 43.0. The van der Waals surface area contributed by atoms with Crippen LogP contribution in [0.1, 0.15) is 46.4 Å². The van der Waals surface area contributed by atoms with Gasteiger partial charge in [0.25, 0.3) is 11.8 Å². The fourth-order valence-corrected chi connectivity index (χ4v) is 5.29. The van der Waals surface area contributed by atoms with Gasteiger partial charge in [-0.05, 0) is 37.1 Å². The number of carbonyl (C=O) groups excluding carboxylic acids is 3. The Hall–Kier alpha value is -3.30. The van der Waals surface area contributed by atoms with Gasteiger partial charge < -0.3 is 19.7 Å². The fourth-order valence-electron chi connectivity index (χ4n) is 5.29. The van der Waals surface area contributed by atoms with Gasteiger partial charge in [-0.3, -0.25) is 19.3 Å². The number of amides is 3. The third kappa shape index (κ3) is 4.73. The molecule has 2 aromatic rings. The Morgan fingerprint density at radius 1 is 1.00 bits per heavy atom. The zero-order valence-corrected chi connectivity index (χ0v) is 20.0. The van der Waals surface area contributed by atoms with Gasteiger partial charge in [-0.25, -0.2) is 4.39 Å². The molecule has 3 aliphatic rings. The Morgan fingerprint density at radius 3 is 2.42 bits per heavy atom. The number of hydrogen-bond donors (Lipinski definition) is 1. The van der Waals surface area contributed by atoms with E-state index in [1.807, 2.05) is 6.07 Å². The molecule has 2 atom stereocenters. The number of ether oxygens (including phenoxy) is 2. The maximum absolute atomic E-state index is 14.2. The first kappa shape index (κ1) is 24.4. The van der Waals surface area contributed by atoms with Crippen LogP contribution in [-0.4, -0.2) is 78.2 Å². The molecule has 2 aromatic carbocycles. The number of rotatable bonds is 5. The highest BCUT2D eigenvalue weighted by Crippen LogP contribution is 2.39. The topological polar surface area (TPSA) is 88.2 Å². The van der Waals surface area contributed by atoms with E-state index in [4.69, 9.17) is 9.47 Å². The van der Waals surface area contributed by atoms with Crippen molar-refractivity contribution in [3.05, 3.63) is 71.5 Å². The summed E-state index contributed by atoms with van der Waals surface area (Å²) in [7, 11) is 0. The molecule has 1 N–H and O–H groups in total. The second-order valence-corrected chi connectivity index (χ2v) is 9.47. The molecule has 3 amide bonds. The van der Waals surface area contributed by atoms with Crippen molar-refractivity contribution < 1.29 is 28.2 Å². The van der Waals surface area contributed by atoms with Gasteiger partial charge in [0.2, 0.25) is 5.91 Å². The quantitative estimate of drug-likeness (QED) is 0.689. The number of halogens is 1. The molecule has 5 rings (SSSR count). The maximum atomic E-state index is 14.2. The highest BCUT2D eigenvalue weighted by molar-refractivity contribution is 5.98. The second-order valence-electron chi connectivity index (χ2n) is 9.47. The lowest BCUT2D eigenvalue weighted by Crippen LogP contribution is -2.60. The first-order chi connectivity index (χ1) is 17.5. The lowest BCUT2D eigenvalue weighted by Gasteiger charge is -2.44. The number of hydrogen-bond acceptors (Lipinski definition) is 5. The fraction of sp³-hybridized carbons (Fsp3) is 0.444. The van der Waals surface area contributed by atoms with E-state index >= 15 is 0 Å². The van der Waals surface area contributed by atoms with Crippen molar-refractivity contribution in [3.8, 4) is 0 Å². The summed E-state index contributed by atoms with van der Waals surface area (Å²) in [5.41, 5.74) is -0.543. The molecule has 0 aliphatic carbocycles. The van der Waals surface area contributed by atoms with Crippen molar-refractivity contribution in [3.63, 3.8) is 0 Å². The summed E-state index contributed by atoms with van der Waals surface area (Å²) < 4.78 is 26.0. The summed E-state index contributed by atoms with van der Waals surface area (Å²) >= 11 is 0. The third-order valence-corrected chi connectivity index (χ3v) is 7.27. The van der Waals surface area contributed by atoms with Crippen LogP contribution >= 0.6 is 0 Å². The SMILES string of the molecule is O=C(NC[C@H]1CCCO1)[C@@H]1COC2(CCN(C(=O)c3ccccc3F)CC2)N1C(=O)c1ccccc1. The minimum Gasteiger partial charge on any atom is -0.376 e. The van der Waals surface area contributed by atoms with Gasteiger partial charge in [0, 0.05) is 44.6 Å². The largest absolute Gasteiger partial charge is 0.376 e. The highest BCUT2D eigenvalue weighted by Gasteiger charge is 2.54. The highest BCUT2D eigenvalue weighted by atomic mass is 19.1. The van der Waals surface area contributed by atoms with Crippen LogP contribution < -0.4 is 5.32 Å². The van der Waals surface area contributed by atoms with Gasteiger partial charge in [0.15, 0.2) is 0 Å². The van der Waals surface area contributed by atoms with Crippen molar-refractivity contribution in [2.45, 2.75) is 43.6 Å². The van der Waals surface area contributed by atoms with Gasteiger partial charge in [0.05, 0.1) is 18.3 Å². The van der Waals surface area contributed by atoms with E-state index in [0.29, 0.717) is 31.6 Å². The van der Waals surface area contributed by atoms with E-state index in [0.717, 1.165) is 12.8 Å². The standard InChI is InChI=1S/C27H30FN3O5/c28-22-11-5-4-10-21(22)26(34)30-14-12-27(13-15-30)31(25(33)19-7-2-1-3-8-19)23(18-36-27)24(32)29-17-20-9-6-16-35-20/h1-5,7-8,10-11,20,23H,6,9,12-18H2,(H,29,32)/t20-,23+/m1/s1. The molecule has 1 spiro atoms. The molecule has 0 radical (unpaired) electrons. The molecular weight excluding hydrogens is 465 g/mol. The van der Waals surface area contributed by atoms with Gasteiger partial charge in [-0.2, -0.15) is 0 Å². The number of carbonyl (C=O) groups is 3. The van der Waals surface area contributed by atoms with E-state index in [-0.39, 0.29) is 43.2 Å². The summed E-state index contributed by atoms with van der Waals surface area (Å²) in [6.45, 7) is 1.70. The van der Waals surface area contributed by atoms with E-state index in [2.05, 4.69) is 5.32 Å². The minimum atomic E-state index is -1.02. The Balaban J connectivity index is 1.34. The minimum absolute atomic E-state index is 0.0175. The summed E-state index contributed by atoms with van der Waals surface area (Å²) in [6, 6.07) is 13.9. The summed E-state index contributed by atoms with van der Waals surface area (Å²) in [6.07, 6.45) is 2.49. The molecule has 3 heterocycles. The number of benzene rings is 2. The number of piperidine rings is 1. The van der Waals surface area contributed by atoms with E-state index < -0.39 is 23.5 Å². The molecule has 0 aromatic heterocycles. The van der Waals surface area contributed by atoms with Crippen LogP contribution in [0.2, 0.25) is 0 Å². The lowest BCUT2D eigenvalue weighted by molar-refractivity contribution is -0.128. The maximum Gasteiger partial charge on any atom is 0.256 e. The predicted octanol–water partition coefficient (Wildman–Crippen LogP) is 2.59. The van der Waals surface area contributed by atoms with Crippen LogP contribution in [0.3, 0.4) is 0 Å². The van der Waals surface area contributed by atoms with Crippen molar-refractivity contribution in [2.24, 2.45) is 0 Å². The van der Waals surface area contributed by atoms with Gasteiger partial charge in [-0.1, -0.05) is 30.3 Å². The molecule has 9 heteroatoms. The monoisotopic (exact) mass is 495 g/mol. The molecule has 0 saturated carbocycles. The van der Waals surface area contributed by atoms with Crippen molar-refractivity contribution in [1.29, 1.82) is 0 Å².